The SMILES string of the molecule is COC(C)c1noc(CN(C)C(=O)C2(C)CCc3ccccc3C2)n1. The first-order valence-electron chi connectivity index (χ1n) is 8.60. The van der Waals surface area contributed by atoms with Gasteiger partial charge in [0.05, 0.1) is 12.0 Å². The number of aryl methyl sites for hydroxylation is 1. The van der Waals surface area contributed by atoms with Gasteiger partial charge in [0, 0.05) is 14.2 Å². The molecule has 0 spiro atoms. The second-order valence-electron chi connectivity index (χ2n) is 7.09. The van der Waals surface area contributed by atoms with Crippen LogP contribution in [0.15, 0.2) is 28.8 Å². The molecule has 2 atom stereocenters. The lowest BCUT2D eigenvalue weighted by atomic mass is 9.72. The fraction of sp³-hybridized carbons (Fsp3) is 0.526. The molecular weight excluding hydrogens is 318 g/mol. The van der Waals surface area contributed by atoms with Gasteiger partial charge in [0.25, 0.3) is 0 Å². The summed E-state index contributed by atoms with van der Waals surface area (Å²) in [6.45, 7) is 4.21. The first kappa shape index (κ1) is 17.6. The highest BCUT2D eigenvalue weighted by Crippen LogP contribution is 2.36. The van der Waals surface area contributed by atoms with Crippen molar-refractivity contribution in [3.05, 3.63) is 47.1 Å². The van der Waals surface area contributed by atoms with Gasteiger partial charge in [0.1, 0.15) is 6.10 Å². The van der Waals surface area contributed by atoms with E-state index in [0.29, 0.717) is 18.3 Å². The number of ether oxygens (including phenoxy) is 1. The highest BCUT2D eigenvalue weighted by Gasteiger charge is 2.38. The van der Waals surface area contributed by atoms with Gasteiger partial charge in [0.2, 0.25) is 11.8 Å². The summed E-state index contributed by atoms with van der Waals surface area (Å²) in [6.07, 6.45) is 2.32. The van der Waals surface area contributed by atoms with Gasteiger partial charge in [-0.2, -0.15) is 4.98 Å². The summed E-state index contributed by atoms with van der Waals surface area (Å²) in [7, 11) is 3.38. The molecule has 1 aliphatic carbocycles. The summed E-state index contributed by atoms with van der Waals surface area (Å²) >= 11 is 0. The number of carbonyl (C=O) groups is 1. The molecule has 0 fully saturated rings. The Bertz CT molecular complexity index is 758. The van der Waals surface area contributed by atoms with Crippen LogP contribution in [-0.2, 0) is 28.9 Å². The average molecular weight is 343 g/mol. The Morgan fingerprint density at radius 2 is 2.12 bits per heavy atom. The summed E-state index contributed by atoms with van der Waals surface area (Å²) in [6, 6.07) is 8.37. The molecule has 3 rings (SSSR count). The zero-order chi connectivity index (χ0) is 18.0. The quantitative estimate of drug-likeness (QED) is 0.835. The third kappa shape index (κ3) is 3.58. The Morgan fingerprint density at radius 1 is 1.40 bits per heavy atom. The molecule has 0 saturated carbocycles. The number of aromatic nitrogens is 2. The summed E-state index contributed by atoms with van der Waals surface area (Å²) in [5.41, 5.74) is 2.23. The van der Waals surface area contributed by atoms with Crippen molar-refractivity contribution >= 4 is 5.91 Å². The van der Waals surface area contributed by atoms with E-state index in [0.717, 1.165) is 19.3 Å². The van der Waals surface area contributed by atoms with Gasteiger partial charge in [-0.15, -0.1) is 0 Å². The van der Waals surface area contributed by atoms with E-state index in [1.807, 2.05) is 19.9 Å². The highest BCUT2D eigenvalue weighted by atomic mass is 16.5. The number of rotatable bonds is 5. The van der Waals surface area contributed by atoms with Gasteiger partial charge in [-0.3, -0.25) is 4.79 Å². The molecule has 0 bridgehead atoms. The van der Waals surface area contributed by atoms with Crippen LogP contribution >= 0.6 is 0 Å². The second-order valence-corrected chi connectivity index (χ2v) is 7.09. The topological polar surface area (TPSA) is 68.5 Å². The number of fused-ring (bicyclic) bond motifs is 1. The number of methoxy groups -OCH3 is 1. The summed E-state index contributed by atoms with van der Waals surface area (Å²) in [5.74, 6) is 1.03. The number of benzene rings is 1. The minimum Gasteiger partial charge on any atom is -0.374 e. The van der Waals surface area contributed by atoms with Crippen molar-refractivity contribution in [1.29, 1.82) is 0 Å². The van der Waals surface area contributed by atoms with Crippen molar-refractivity contribution in [3.63, 3.8) is 0 Å². The molecule has 1 heterocycles. The zero-order valence-corrected chi connectivity index (χ0v) is 15.3. The van der Waals surface area contributed by atoms with E-state index in [4.69, 9.17) is 9.26 Å². The highest BCUT2D eigenvalue weighted by molar-refractivity contribution is 5.82. The lowest BCUT2D eigenvalue weighted by Crippen LogP contribution is -2.43. The third-order valence-corrected chi connectivity index (χ3v) is 5.08. The van der Waals surface area contributed by atoms with Gasteiger partial charge in [-0.25, -0.2) is 0 Å². The minimum atomic E-state index is -0.397. The Balaban J connectivity index is 1.69. The molecule has 134 valence electrons. The van der Waals surface area contributed by atoms with E-state index < -0.39 is 5.41 Å². The van der Waals surface area contributed by atoms with Crippen molar-refractivity contribution in [1.82, 2.24) is 15.0 Å². The van der Waals surface area contributed by atoms with E-state index in [1.54, 1.807) is 19.1 Å². The number of hydrogen-bond acceptors (Lipinski definition) is 5. The molecule has 2 aromatic rings. The van der Waals surface area contributed by atoms with E-state index in [1.165, 1.54) is 11.1 Å². The van der Waals surface area contributed by atoms with E-state index >= 15 is 0 Å². The van der Waals surface area contributed by atoms with Crippen molar-refractivity contribution in [2.24, 2.45) is 5.41 Å². The van der Waals surface area contributed by atoms with Crippen LogP contribution < -0.4 is 0 Å². The number of hydrogen-bond donors (Lipinski definition) is 0. The molecule has 1 amide bonds. The fourth-order valence-electron chi connectivity index (χ4n) is 3.41. The van der Waals surface area contributed by atoms with Crippen LogP contribution in [0, 0.1) is 5.41 Å². The van der Waals surface area contributed by atoms with Crippen LogP contribution in [0.3, 0.4) is 0 Å². The molecule has 1 aromatic heterocycles. The summed E-state index contributed by atoms with van der Waals surface area (Å²) in [4.78, 5) is 19.0. The van der Waals surface area contributed by atoms with Crippen LogP contribution in [0.1, 0.15) is 49.2 Å². The van der Waals surface area contributed by atoms with E-state index in [-0.39, 0.29) is 12.0 Å². The second kappa shape index (κ2) is 6.96. The molecule has 0 aliphatic heterocycles. The number of carbonyl (C=O) groups excluding carboxylic acids is 1. The maximum absolute atomic E-state index is 13.0. The Labute approximate surface area is 148 Å². The first-order chi connectivity index (χ1) is 11.9. The van der Waals surface area contributed by atoms with Crippen LogP contribution in [-0.4, -0.2) is 35.1 Å². The Kier molecular flexibility index (Phi) is 4.90. The molecule has 25 heavy (non-hydrogen) atoms. The molecule has 0 saturated heterocycles. The van der Waals surface area contributed by atoms with Gasteiger partial charge in [0.15, 0.2) is 5.82 Å². The van der Waals surface area contributed by atoms with Crippen LogP contribution in [0.25, 0.3) is 0 Å². The number of nitrogens with zero attached hydrogens (tertiary/aromatic N) is 3. The molecule has 1 aliphatic rings. The first-order valence-corrected chi connectivity index (χ1v) is 8.60. The molecular formula is C19H25N3O3. The lowest BCUT2D eigenvalue weighted by Gasteiger charge is -2.36. The normalized spacial score (nSPS) is 20.8. The van der Waals surface area contributed by atoms with Crippen LogP contribution in [0.4, 0.5) is 0 Å². The van der Waals surface area contributed by atoms with Gasteiger partial charge in [-0.05, 0) is 37.3 Å². The maximum atomic E-state index is 13.0. The third-order valence-electron chi connectivity index (χ3n) is 5.08. The van der Waals surface area contributed by atoms with Crippen molar-refractivity contribution in [2.75, 3.05) is 14.2 Å². The Morgan fingerprint density at radius 3 is 2.84 bits per heavy atom. The average Bonchev–Trinajstić information content (AvgIpc) is 3.08. The minimum absolute atomic E-state index is 0.113. The maximum Gasteiger partial charge on any atom is 0.246 e. The molecule has 6 heteroatoms. The monoisotopic (exact) mass is 343 g/mol. The van der Waals surface area contributed by atoms with Crippen LogP contribution in [0.5, 0.6) is 0 Å². The molecule has 2 unspecified atom stereocenters. The van der Waals surface area contributed by atoms with Gasteiger partial charge in [-0.1, -0.05) is 36.3 Å². The summed E-state index contributed by atoms with van der Waals surface area (Å²) in [5, 5.41) is 3.91. The van der Waals surface area contributed by atoms with Crippen molar-refractivity contribution in [3.8, 4) is 0 Å². The predicted molar refractivity (Wildman–Crippen MR) is 92.8 cm³/mol. The van der Waals surface area contributed by atoms with Crippen LogP contribution in [0.2, 0.25) is 0 Å². The Hall–Kier alpha value is -2.21. The fourth-order valence-corrected chi connectivity index (χ4v) is 3.41. The predicted octanol–water partition coefficient (Wildman–Crippen LogP) is 2.93. The van der Waals surface area contributed by atoms with Crippen molar-refractivity contribution < 1.29 is 14.1 Å². The van der Waals surface area contributed by atoms with Gasteiger partial charge < -0.3 is 14.2 Å². The molecule has 0 radical (unpaired) electrons. The zero-order valence-electron chi connectivity index (χ0n) is 15.3. The van der Waals surface area contributed by atoms with Crippen molar-refractivity contribution in [2.45, 2.75) is 45.8 Å². The number of amides is 1. The largest absolute Gasteiger partial charge is 0.374 e. The molecule has 1 aromatic carbocycles. The molecule has 0 N–H and O–H groups in total. The summed E-state index contributed by atoms with van der Waals surface area (Å²) < 4.78 is 10.4. The van der Waals surface area contributed by atoms with E-state index in [2.05, 4.69) is 28.3 Å². The smallest absolute Gasteiger partial charge is 0.246 e. The lowest BCUT2D eigenvalue weighted by molar-refractivity contribution is -0.141. The standard InChI is InChI=1S/C19H25N3O3/c1-13(24-4)17-20-16(25-21-17)12-22(3)18(23)19(2)10-9-14-7-5-6-8-15(14)11-19/h5-8,13H,9-12H2,1-4H3. The molecule has 6 nitrogen and oxygen atoms in total. The van der Waals surface area contributed by atoms with Gasteiger partial charge >= 0.3 is 0 Å². The van der Waals surface area contributed by atoms with E-state index in [9.17, 15) is 4.79 Å².